The van der Waals surface area contributed by atoms with E-state index in [1.807, 2.05) is 24.3 Å². The van der Waals surface area contributed by atoms with E-state index in [9.17, 15) is 9.18 Å². The molecule has 0 atom stereocenters. The molecule has 0 amide bonds. The largest absolute Gasteiger partial charge is 0.269 e. The minimum Gasteiger partial charge on any atom is -0.269 e. The van der Waals surface area contributed by atoms with E-state index < -0.39 is 0 Å². The van der Waals surface area contributed by atoms with Crippen LogP contribution in [0.2, 0.25) is 0 Å². The second kappa shape index (κ2) is 5.09. The highest BCUT2D eigenvalue weighted by molar-refractivity contribution is 5.99. The van der Waals surface area contributed by atoms with E-state index in [1.165, 1.54) is 29.1 Å². The predicted molar refractivity (Wildman–Crippen MR) is 75.8 cm³/mol. The minimum absolute atomic E-state index is 0.192. The molecule has 0 aliphatic carbocycles. The Balaban J connectivity index is 1.87. The average Bonchev–Trinajstić information content (AvgIpc) is 2.90. The van der Waals surface area contributed by atoms with Crippen molar-refractivity contribution in [3.63, 3.8) is 0 Å². The molecule has 0 spiro atoms. The summed E-state index contributed by atoms with van der Waals surface area (Å²) in [7, 11) is 0. The number of nitrogens with zero attached hydrogens (tertiary/aromatic N) is 2. The molecule has 98 valence electrons. The third kappa shape index (κ3) is 2.36. The molecule has 0 aliphatic rings. The van der Waals surface area contributed by atoms with Gasteiger partial charge in [-0.3, -0.25) is 9.36 Å². The molecular weight excluding hydrogens is 255 g/mol. The number of hydrogen-bond acceptors (Lipinski definition) is 2. The summed E-state index contributed by atoms with van der Waals surface area (Å²) < 4.78 is 14.3. The molecule has 2 aromatic carbocycles. The molecule has 0 fully saturated rings. The highest BCUT2D eigenvalue weighted by Crippen LogP contribution is 2.12. The van der Waals surface area contributed by atoms with Crippen LogP contribution in [0.1, 0.15) is 10.4 Å². The van der Waals surface area contributed by atoms with Crippen molar-refractivity contribution in [3.8, 4) is 0 Å². The third-order valence-corrected chi connectivity index (χ3v) is 2.98. The summed E-state index contributed by atoms with van der Waals surface area (Å²) in [6.45, 7) is 0. The van der Waals surface area contributed by atoms with Gasteiger partial charge in [0.1, 0.15) is 12.1 Å². The van der Waals surface area contributed by atoms with Crippen LogP contribution in [-0.2, 0) is 0 Å². The van der Waals surface area contributed by atoms with Crippen LogP contribution in [0.15, 0.2) is 60.9 Å². The summed E-state index contributed by atoms with van der Waals surface area (Å²) in [6.07, 6.45) is 4.60. The van der Waals surface area contributed by atoms with Crippen molar-refractivity contribution < 1.29 is 9.18 Å². The first kappa shape index (κ1) is 12.3. The Morgan fingerprint density at radius 1 is 1.10 bits per heavy atom. The lowest BCUT2D eigenvalue weighted by Gasteiger charge is -1.98. The van der Waals surface area contributed by atoms with Gasteiger partial charge in [-0.05, 0) is 35.9 Å². The van der Waals surface area contributed by atoms with Crippen molar-refractivity contribution in [1.82, 2.24) is 9.55 Å². The van der Waals surface area contributed by atoms with Gasteiger partial charge in [0.25, 0.3) is 5.91 Å². The van der Waals surface area contributed by atoms with E-state index in [4.69, 9.17) is 0 Å². The maximum atomic E-state index is 12.8. The molecule has 0 radical (unpaired) electrons. The quantitative estimate of drug-likeness (QED) is 0.665. The summed E-state index contributed by atoms with van der Waals surface area (Å²) in [4.78, 5) is 16.3. The molecule has 4 heteroatoms. The van der Waals surface area contributed by atoms with Crippen LogP contribution in [0.25, 0.3) is 17.1 Å². The van der Waals surface area contributed by atoms with Crippen molar-refractivity contribution >= 4 is 23.0 Å². The number of halogens is 1. The van der Waals surface area contributed by atoms with Crippen LogP contribution in [0.3, 0.4) is 0 Å². The van der Waals surface area contributed by atoms with Crippen LogP contribution in [0.4, 0.5) is 4.39 Å². The van der Waals surface area contributed by atoms with Gasteiger partial charge in [0.05, 0.1) is 11.0 Å². The molecule has 0 aliphatic heterocycles. The number of carbonyl (C=O) groups excluding carboxylic acids is 1. The van der Waals surface area contributed by atoms with E-state index in [2.05, 4.69) is 4.98 Å². The fourth-order valence-electron chi connectivity index (χ4n) is 1.96. The van der Waals surface area contributed by atoms with E-state index in [0.29, 0.717) is 0 Å². The summed E-state index contributed by atoms with van der Waals surface area (Å²) in [5.74, 6) is -0.489. The van der Waals surface area contributed by atoms with Gasteiger partial charge in [0, 0.05) is 6.08 Å². The zero-order valence-electron chi connectivity index (χ0n) is 10.5. The number of hydrogen-bond donors (Lipinski definition) is 0. The summed E-state index contributed by atoms with van der Waals surface area (Å²) in [5.41, 5.74) is 2.31. The van der Waals surface area contributed by atoms with Gasteiger partial charge >= 0.3 is 0 Å². The predicted octanol–water partition coefficient (Wildman–Crippen LogP) is 3.53. The van der Waals surface area contributed by atoms with Crippen molar-refractivity contribution in [2.24, 2.45) is 0 Å². The van der Waals surface area contributed by atoms with Crippen LogP contribution in [-0.4, -0.2) is 15.5 Å². The SMILES string of the molecule is O=C(/C=C/c1ccc(F)cc1)n1cnc2ccccc21. The van der Waals surface area contributed by atoms with Gasteiger partial charge in [-0.25, -0.2) is 9.37 Å². The fourth-order valence-corrected chi connectivity index (χ4v) is 1.96. The Morgan fingerprint density at radius 3 is 2.65 bits per heavy atom. The first-order valence-corrected chi connectivity index (χ1v) is 6.14. The Morgan fingerprint density at radius 2 is 1.85 bits per heavy atom. The van der Waals surface area contributed by atoms with Crippen LogP contribution in [0, 0.1) is 5.82 Å². The molecule has 0 saturated heterocycles. The van der Waals surface area contributed by atoms with Gasteiger partial charge < -0.3 is 0 Å². The second-order valence-electron chi connectivity index (χ2n) is 4.33. The van der Waals surface area contributed by atoms with Crippen LogP contribution < -0.4 is 0 Å². The van der Waals surface area contributed by atoms with Crippen molar-refractivity contribution in [1.29, 1.82) is 0 Å². The molecule has 3 nitrogen and oxygen atoms in total. The highest BCUT2D eigenvalue weighted by atomic mass is 19.1. The number of imidazole rings is 1. The zero-order valence-corrected chi connectivity index (χ0v) is 10.5. The number of aromatic nitrogens is 2. The molecule has 0 N–H and O–H groups in total. The number of para-hydroxylation sites is 2. The maximum Gasteiger partial charge on any atom is 0.256 e. The molecular formula is C16H11FN2O. The van der Waals surface area contributed by atoms with Crippen molar-refractivity contribution in [3.05, 3.63) is 72.3 Å². The Kier molecular flexibility index (Phi) is 3.13. The van der Waals surface area contributed by atoms with Crippen molar-refractivity contribution in [2.75, 3.05) is 0 Å². The Labute approximate surface area is 115 Å². The lowest BCUT2D eigenvalue weighted by atomic mass is 10.2. The molecule has 3 rings (SSSR count). The first-order valence-electron chi connectivity index (χ1n) is 6.14. The summed E-state index contributed by atoms with van der Waals surface area (Å²) in [5, 5.41) is 0. The van der Waals surface area contributed by atoms with E-state index >= 15 is 0 Å². The van der Waals surface area contributed by atoms with Crippen molar-refractivity contribution in [2.45, 2.75) is 0 Å². The van der Waals surface area contributed by atoms with Crippen LogP contribution in [0.5, 0.6) is 0 Å². The van der Waals surface area contributed by atoms with E-state index in [0.717, 1.165) is 16.6 Å². The molecule has 0 bridgehead atoms. The minimum atomic E-state index is -0.297. The average molecular weight is 266 g/mol. The normalized spacial score (nSPS) is 11.2. The second-order valence-corrected chi connectivity index (χ2v) is 4.33. The van der Waals surface area contributed by atoms with Gasteiger partial charge in [0.2, 0.25) is 0 Å². The Hall–Kier alpha value is -2.75. The summed E-state index contributed by atoms with van der Waals surface area (Å²) >= 11 is 0. The molecule has 1 aromatic heterocycles. The molecule has 1 heterocycles. The molecule has 20 heavy (non-hydrogen) atoms. The topological polar surface area (TPSA) is 34.9 Å². The molecule has 0 unspecified atom stereocenters. The number of carbonyl (C=O) groups is 1. The standard InChI is InChI=1S/C16H11FN2O/c17-13-8-5-12(6-9-13)7-10-16(20)19-11-18-14-3-1-2-4-15(14)19/h1-11H/b10-7+. The smallest absolute Gasteiger partial charge is 0.256 e. The lowest BCUT2D eigenvalue weighted by Crippen LogP contribution is -2.05. The number of benzene rings is 2. The van der Waals surface area contributed by atoms with Gasteiger partial charge in [-0.2, -0.15) is 0 Å². The highest BCUT2D eigenvalue weighted by Gasteiger charge is 2.06. The van der Waals surface area contributed by atoms with E-state index in [-0.39, 0.29) is 11.7 Å². The van der Waals surface area contributed by atoms with Gasteiger partial charge in [-0.1, -0.05) is 24.3 Å². The van der Waals surface area contributed by atoms with Crippen LogP contribution >= 0.6 is 0 Å². The molecule has 0 saturated carbocycles. The third-order valence-electron chi connectivity index (χ3n) is 2.98. The number of rotatable bonds is 2. The first-order chi connectivity index (χ1) is 9.74. The van der Waals surface area contributed by atoms with Gasteiger partial charge in [-0.15, -0.1) is 0 Å². The lowest BCUT2D eigenvalue weighted by molar-refractivity contribution is 0.0974. The van der Waals surface area contributed by atoms with E-state index in [1.54, 1.807) is 18.2 Å². The molecule has 3 aromatic rings. The number of allylic oxidation sites excluding steroid dienone is 1. The van der Waals surface area contributed by atoms with Gasteiger partial charge in [0.15, 0.2) is 0 Å². The zero-order chi connectivity index (χ0) is 13.9. The Bertz CT molecular complexity index is 788. The number of fused-ring (bicyclic) bond motifs is 1. The maximum absolute atomic E-state index is 12.8. The summed E-state index contributed by atoms with van der Waals surface area (Å²) in [6, 6.07) is 13.4. The monoisotopic (exact) mass is 266 g/mol. The fraction of sp³-hybridized carbons (Fsp3) is 0.